The van der Waals surface area contributed by atoms with Crippen molar-refractivity contribution in [3.05, 3.63) is 47.7 Å². The first-order valence-electron chi connectivity index (χ1n) is 8.89. The SMILES string of the molecule is Cc1cc2ncc(-c3cccc(C#N)c3)n2nc1N1CCC(F)(C(C)O)C1. The lowest BCUT2D eigenvalue weighted by Crippen LogP contribution is -2.39. The zero-order chi connectivity index (χ0) is 19.2. The van der Waals surface area contributed by atoms with E-state index in [1.807, 2.05) is 30.0 Å². The molecule has 0 bridgehead atoms. The Labute approximate surface area is 156 Å². The van der Waals surface area contributed by atoms with Crippen LogP contribution < -0.4 is 4.90 Å². The molecule has 2 aromatic heterocycles. The molecular weight excluding hydrogens is 345 g/mol. The van der Waals surface area contributed by atoms with Crippen LogP contribution in [0.2, 0.25) is 0 Å². The van der Waals surface area contributed by atoms with Crippen LogP contribution in [0.5, 0.6) is 0 Å². The van der Waals surface area contributed by atoms with E-state index in [1.165, 1.54) is 6.92 Å². The predicted molar refractivity (Wildman–Crippen MR) is 100 cm³/mol. The molecule has 0 spiro atoms. The second-order valence-electron chi connectivity index (χ2n) is 7.14. The van der Waals surface area contributed by atoms with Crippen molar-refractivity contribution in [2.75, 3.05) is 18.0 Å². The number of aryl methyl sites for hydroxylation is 1. The number of alkyl halides is 1. The van der Waals surface area contributed by atoms with Gasteiger partial charge in [0.15, 0.2) is 17.1 Å². The molecule has 0 radical (unpaired) electrons. The van der Waals surface area contributed by atoms with E-state index in [1.54, 1.807) is 22.8 Å². The fraction of sp³-hybridized carbons (Fsp3) is 0.350. The molecule has 2 unspecified atom stereocenters. The molecular formula is C20H20FN5O. The van der Waals surface area contributed by atoms with Gasteiger partial charge in [-0.05, 0) is 37.6 Å². The van der Waals surface area contributed by atoms with Crippen molar-refractivity contribution >= 4 is 11.5 Å². The van der Waals surface area contributed by atoms with Crippen molar-refractivity contribution in [2.24, 2.45) is 0 Å². The van der Waals surface area contributed by atoms with Gasteiger partial charge in [-0.1, -0.05) is 12.1 Å². The molecule has 7 heteroatoms. The van der Waals surface area contributed by atoms with Gasteiger partial charge in [-0.2, -0.15) is 5.26 Å². The van der Waals surface area contributed by atoms with Crippen LogP contribution in [0.15, 0.2) is 36.5 Å². The van der Waals surface area contributed by atoms with E-state index in [0.29, 0.717) is 23.6 Å². The molecule has 4 rings (SSSR count). The monoisotopic (exact) mass is 365 g/mol. The van der Waals surface area contributed by atoms with Crippen molar-refractivity contribution in [1.82, 2.24) is 14.6 Å². The van der Waals surface area contributed by atoms with E-state index in [4.69, 9.17) is 10.4 Å². The highest BCUT2D eigenvalue weighted by atomic mass is 19.1. The Kier molecular flexibility index (Phi) is 4.08. The molecule has 1 aliphatic heterocycles. The molecule has 3 aromatic rings. The maximum absolute atomic E-state index is 14.8. The van der Waals surface area contributed by atoms with E-state index in [9.17, 15) is 9.50 Å². The Balaban J connectivity index is 1.78. The van der Waals surface area contributed by atoms with E-state index < -0.39 is 11.8 Å². The van der Waals surface area contributed by atoms with Crippen molar-refractivity contribution in [1.29, 1.82) is 5.26 Å². The second kappa shape index (κ2) is 6.32. The number of hydrogen-bond donors (Lipinski definition) is 1. The second-order valence-corrected chi connectivity index (χ2v) is 7.14. The van der Waals surface area contributed by atoms with Crippen molar-refractivity contribution in [3.8, 4) is 17.3 Å². The normalized spacial score (nSPS) is 20.8. The minimum absolute atomic E-state index is 0.109. The van der Waals surface area contributed by atoms with Gasteiger partial charge >= 0.3 is 0 Å². The first-order chi connectivity index (χ1) is 12.9. The first kappa shape index (κ1) is 17.4. The largest absolute Gasteiger partial charge is 0.390 e. The maximum atomic E-state index is 14.8. The van der Waals surface area contributed by atoms with Crippen LogP contribution in [0.1, 0.15) is 24.5 Å². The molecule has 3 heterocycles. The molecule has 1 saturated heterocycles. The highest BCUT2D eigenvalue weighted by molar-refractivity contribution is 5.66. The quantitative estimate of drug-likeness (QED) is 0.772. The highest BCUT2D eigenvalue weighted by Gasteiger charge is 2.43. The van der Waals surface area contributed by atoms with Gasteiger partial charge in [0.25, 0.3) is 0 Å². The highest BCUT2D eigenvalue weighted by Crippen LogP contribution is 2.33. The summed E-state index contributed by atoms with van der Waals surface area (Å²) in [6.45, 7) is 4.02. The molecule has 0 amide bonds. The van der Waals surface area contributed by atoms with E-state index >= 15 is 0 Å². The summed E-state index contributed by atoms with van der Waals surface area (Å²) in [5.41, 5.74) is 2.14. The van der Waals surface area contributed by atoms with Crippen molar-refractivity contribution < 1.29 is 9.50 Å². The third-order valence-corrected chi connectivity index (χ3v) is 5.24. The lowest BCUT2D eigenvalue weighted by molar-refractivity contribution is 0.0192. The Morgan fingerprint density at radius 1 is 1.37 bits per heavy atom. The topological polar surface area (TPSA) is 77.5 Å². The summed E-state index contributed by atoms with van der Waals surface area (Å²) in [5, 5.41) is 23.6. The van der Waals surface area contributed by atoms with Gasteiger partial charge in [0.1, 0.15) is 0 Å². The standard InChI is InChI=1S/C20H20FN5O/c1-13-8-18-23-11-17(16-5-3-4-15(9-16)10-22)26(18)24-19(13)25-7-6-20(21,12-25)14(2)27/h3-5,8-9,11,14,27H,6-7,12H2,1-2H3. The van der Waals surface area contributed by atoms with Gasteiger partial charge in [0, 0.05) is 18.5 Å². The molecule has 1 N–H and O–H groups in total. The number of aromatic nitrogens is 3. The summed E-state index contributed by atoms with van der Waals surface area (Å²) in [5.74, 6) is 0.679. The van der Waals surface area contributed by atoms with Crippen LogP contribution in [0.3, 0.4) is 0 Å². The first-order valence-corrected chi connectivity index (χ1v) is 8.89. The number of nitriles is 1. The number of fused-ring (bicyclic) bond motifs is 1. The van der Waals surface area contributed by atoms with Gasteiger partial charge in [-0.3, -0.25) is 0 Å². The summed E-state index contributed by atoms with van der Waals surface area (Å²) in [4.78, 5) is 6.29. The third-order valence-electron chi connectivity index (χ3n) is 5.24. The molecule has 138 valence electrons. The van der Waals surface area contributed by atoms with Crippen LogP contribution in [0.4, 0.5) is 10.2 Å². The van der Waals surface area contributed by atoms with Crippen LogP contribution in [-0.2, 0) is 0 Å². The van der Waals surface area contributed by atoms with Gasteiger partial charge in [-0.15, -0.1) is 5.10 Å². The lowest BCUT2D eigenvalue weighted by Gasteiger charge is -2.24. The average Bonchev–Trinajstić information content (AvgIpc) is 3.25. The van der Waals surface area contributed by atoms with Crippen molar-refractivity contribution in [3.63, 3.8) is 0 Å². The maximum Gasteiger partial charge on any atom is 0.155 e. The number of aliphatic hydroxyl groups is 1. The molecule has 2 atom stereocenters. The number of imidazole rings is 1. The van der Waals surface area contributed by atoms with Crippen molar-refractivity contribution in [2.45, 2.75) is 32.0 Å². The zero-order valence-electron chi connectivity index (χ0n) is 15.2. The summed E-state index contributed by atoms with van der Waals surface area (Å²) in [7, 11) is 0. The van der Waals surface area contributed by atoms with Gasteiger partial charge < -0.3 is 10.0 Å². The summed E-state index contributed by atoms with van der Waals surface area (Å²) < 4.78 is 16.5. The van der Waals surface area contributed by atoms with Crippen LogP contribution >= 0.6 is 0 Å². The minimum atomic E-state index is -1.62. The smallest absolute Gasteiger partial charge is 0.155 e. The van der Waals surface area contributed by atoms with Gasteiger partial charge in [0.2, 0.25) is 0 Å². The molecule has 1 aliphatic rings. The fourth-order valence-corrected chi connectivity index (χ4v) is 3.57. The summed E-state index contributed by atoms with van der Waals surface area (Å²) in [6.07, 6.45) is 0.968. The Bertz CT molecular complexity index is 1050. The zero-order valence-corrected chi connectivity index (χ0v) is 15.2. The van der Waals surface area contributed by atoms with E-state index in [0.717, 1.165) is 16.8 Å². The van der Waals surface area contributed by atoms with Gasteiger partial charge in [-0.25, -0.2) is 13.9 Å². The average molecular weight is 365 g/mol. The minimum Gasteiger partial charge on any atom is -0.390 e. The number of aliphatic hydroxyl groups excluding tert-OH is 1. The number of halogens is 1. The molecule has 27 heavy (non-hydrogen) atoms. The molecule has 0 aliphatic carbocycles. The number of anilines is 1. The summed E-state index contributed by atoms with van der Waals surface area (Å²) in [6, 6.07) is 11.3. The van der Waals surface area contributed by atoms with E-state index in [2.05, 4.69) is 11.1 Å². The number of benzene rings is 1. The fourth-order valence-electron chi connectivity index (χ4n) is 3.57. The summed E-state index contributed by atoms with van der Waals surface area (Å²) >= 11 is 0. The van der Waals surface area contributed by atoms with Crippen LogP contribution in [-0.4, -0.2) is 44.6 Å². The third kappa shape index (κ3) is 2.92. The molecule has 1 aromatic carbocycles. The van der Waals surface area contributed by atoms with E-state index in [-0.39, 0.29) is 13.0 Å². The number of nitrogens with zero attached hydrogens (tertiary/aromatic N) is 5. The number of rotatable bonds is 3. The van der Waals surface area contributed by atoms with Gasteiger partial charge in [0.05, 0.1) is 36.2 Å². The molecule has 6 nitrogen and oxygen atoms in total. The Hall–Kier alpha value is -2.98. The van der Waals surface area contributed by atoms with Crippen LogP contribution in [0.25, 0.3) is 16.9 Å². The predicted octanol–water partition coefficient (Wildman–Crippen LogP) is 2.88. The molecule has 1 fully saturated rings. The van der Waals surface area contributed by atoms with Crippen LogP contribution in [0, 0.1) is 18.3 Å². The Morgan fingerprint density at radius 3 is 2.89 bits per heavy atom. The molecule has 0 saturated carbocycles. The lowest BCUT2D eigenvalue weighted by atomic mass is 10.00. The number of hydrogen-bond acceptors (Lipinski definition) is 5. The Morgan fingerprint density at radius 2 is 2.19 bits per heavy atom.